The highest BCUT2D eigenvalue weighted by Gasteiger charge is 2.47. The number of tetrazole rings is 1. The number of H-pyrrole nitrogens is 2. The number of carbonyl (C=O) groups excluding carboxylic acids is 16. The van der Waals surface area contributed by atoms with Crippen molar-refractivity contribution in [3.63, 3.8) is 0 Å². The molecule has 0 radical (unpaired) electrons. The summed E-state index contributed by atoms with van der Waals surface area (Å²) in [5, 5.41) is 77.0. The molecule has 43 heteroatoms. The number of carboxylic acids is 1. The van der Waals surface area contributed by atoms with Gasteiger partial charge < -0.3 is 98.7 Å². The number of phenolic OH excluding ortho intramolecular Hbond substituents is 1. The number of thioether (sulfide) groups is 1. The number of Topliss-reactive ketones (excluding diaryl/α,β-unsaturated/α-hetero) is 3. The van der Waals surface area contributed by atoms with E-state index < -0.39 is 261 Å². The minimum atomic E-state index is -1.86. The molecule has 3 aromatic carbocycles. The standard InChI is InChI=1S/C89H116N20O21S2/c1-7-9-19-68-85(126)96-48(3)80(121)101-66(83(124)94-41-76(91)117)45-131-46-77(118)97-63(30-50-23-25-57(111)26-24-50)79-102-103-104-109(79)49(4)71(113)36-53(37-78(119)120)86(127)107-29-15-21-67(107)72(114)35-52(32-56-40-92-47-95-56)82(123)98-62(27-28-75(90)116)88(129)108-42-58(112)38-70(108)73(115)34-51(31-54-39-93-61-18-13-11-16-59(54)61)81(122)100-65(43-110)84(125)99-64(33-55-44-132-74-22-14-12-17-60(55)74)87(128)106(6)69(20-10-8-2)89(130)105(68)5/h11-14,16-18,22-26,39-40,44,47-49,51-53,58,62-70,93,110-112H,7-10,15,19-21,27-38,41-43,45-46H2,1-6H3,(H2,90,116)(H2,91,117)(H,92,95)(H,94,124)(H,96,126)(H,97,118)(H,98,123)(H,99,125)(H,100,122)(H,101,121)(H,119,120)/t48-,49-,51+,52+,53-,58+,62-,63-,64-,65-,66-,67-,68-,69-,70-/m0/s1. The Bertz CT molecular complexity index is 5320. The molecule has 132 heavy (non-hydrogen) atoms. The van der Waals surface area contributed by atoms with E-state index in [2.05, 4.69) is 67.7 Å². The Kier molecular flexibility index (Phi) is 36.6. The first kappa shape index (κ1) is 101. The number of hydrogen-bond acceptors (Lipinski definition) is 26. The Morgan fingerprint density at radius 3 is 1.95 bits per heavy atom. The molecular weight excluding hydrogens is 1750 g/mol. The highest BCUT2D eigenvalue weighted by molar-refractivity contribution is 8.00. The number of nitrogens with zero attached hydrogens (tertiary/aromatic N) is 9. The molecule has 2 fully saturated rings. The number of aliphatic hydroxyl groups excluding tert-OH is 2. The number of primary amides is 2. The molecular formula is C89H116N20O21S2. The van der Waals surface area contributed by atoms with Crippen LogP contribution in [-0.2, 0) is 107 Å². The summed E-state index contributed by atoms with van der Waals surface area (Å²) in [4.78, 5) is 262. The second-order valence-electron chi connectivity index (χ2n) is 33.8. The van der Waals surface area contributed by atoms with E-state index in [9.17, 15) is 63.6 Å². The number of fused-ring (bicyclic) bond motifs is 5. The van der Waals surface area contributed by atoms with E-state index in [1.54, 1.807) is 41.9 Å². The van der Waals surface area contributed by atoms with E-state index >= 15 is 38.4 Å². The average molecular weight is 1870 g/mol. The van der Waals surface area contributed by atoms with Crippen molar-refractivity contribution in [3.05, 3.63) is 125 Å². The molecule has 0 spiro atoms. The first-order valence-corrected chi connectivity index (χ1v) is 46.1. The highest BCUT2D eigenvalue weighted by atomic mass is 32.2. The number of thiophene rings is 1. The van der Waals surface area contributed by atoms with Crippen molar-refractivity contribution in [2.75, 3.05) is 51.8 Å². The number of para-hydroxylation sites is 1. The maximum absolute atomic E-state index is 15.7. The van der Waals surface area contributed by atoms with Crippen molar-refractivity contribution in [2.45, 2.75) is 222 Å². The van der Waals surface area contributed by atoms with Gasteiger partial charge in [0.1, 0.15) is 54.1 Å². The monoisotopic (exact) mass is 1860 g/mol. The number of aromatic hydroxyl groups is 1. The molecule has 710 valence electrons. The summed E-state index contributed by atoms with van der Waals surface area (Å²) in [5.74, 6) is -21.0. The Balaban J connectivity index is 1.01. The van der Waals surface area contributed by atoms with E-state index in [1.165, 1.54) is 81.0 Å². The van der Waals surface area contributed by atoms with Crippen LogP contribution in [0.5, 0.6) is 5.75 Å². The molecule has 3 aliphatic heterocycles. The van der Waals surface area contributed by atoms with Gasteiger partial charge in [0, 0.05) is 118 Å². The zero-order chi connectivity index (χ0) is 95.7. The summed E-state index contributed by atoms with van der Waals surface area (Å²) in [6, 6.07) is 3.92. The SMILES string of the molecule is CCCC[C@H]1C(=O)N(C)[C@@H](CCCC)C(=O)N[C@@H](C)C(=O)N[C@H](C(=O)NCC(N)=O)CSCC(=O)N[C@@H](Cc2ccc(O)cc2)c2nnnn2[C@@H](C)C(=O)C[C@@H](CC(=O)O)C(=O)N2CCC[C@H]2C(=O)C[C@@H](Cc2c[nH]cn2)C(=O)N[C@@H](CCC(N)=O)C(=O)N2C[C@H](O)C[C@H]2C(=O)C[C@@H](Cc2c[nH]c3ccccc23)C(=O)N[C@@H](CO)C(=O)N[C@@H](Cc2csc3ccccc23)C(=O)N1C. The molecule has 0 aliphatic carbocycles. The molecule has 7 aromatic rings. The van der Waals surface area contributed by atoms with Crippen LogP contribution >= 0.6 is 23.1 Å². The Morgan fingerprint density at radius 1 is 0.621 bits per heavy atom. The number of phenols is 1. The van der Waals surface area contributed by atoms with Crippen LogP contribution in [0.15, 0.2) is 96.9 Å². The zero-order valence-electron chi connectivity index (χ0n) is 74.3. The lowest BCUT2D eigenvalue weighted by Gasteiger charge is -2.36. The predicted molar refractivity (Wildman–Crippen MR) is 480 cm³/mol. The number of rotatable bonds is 23. The maximum Gasteiger partial charge on any atom is 0.304 e. The third kappa shape index (κ3) is 26.9. The number of nitrogens with two attached hydrogens (primary N) is 2. The van der Waals surface area contributed by atoms with Crippen molar-refractivity contribution < 1.29 is 102 Å². The van der Waals surface area contributed by atoms with Crippen LogP contribution in [-0.4, -0.2) is 288 Å². The minimum Gasteiger partial charge on any atom is -0.508 e. The van der Waals surface area contributed by atoms with Gasteiger partial charge in [-0.1, -0.05) is 88.1 Å². The topological polar surface area (TPSA) is 608 Å². The quantitative estimate of drug-likeness (QED) is 0.0420. The molecule has 10 rings (SSSR count). The van der Waals surface area contributed by atoms with Crippen molar-refractivity contribution in [3.8, 4) is 5.75 Å². The van der Waals surface area contributed by atoms with E-state index in [4.69, 9.17) is 11.5 Å². The smallest absolute Gasteiger partial charge is 0.304 e. The van der Waals surface area contributed by atoms with Crippen molar-refractivity contribution in [2.24, 2.45) is 29.2 Å². The number of carbonyl (C=O) groups is 17. The number of aromatic amines is 2. The molecule has 0 saturated carbocycles. The molecule has 0 unspecified atom stereocenters. The second kappa shape index (κ2) is 47.8. The molecule has 13 amide bonds. The summed E-state index contributed by atoms with van der Waals surface area (Å²) >= 11 is 2.18. The number of imidazole rings is 1. The normalized spacial score (nSPS) is 25.0. The lowest BCUT2D eigenvalue weighted by atomic mass is 9.90. The average Bonchev–Trinajstić information content (AvgIpc) is 1.57. The zero-order valence-corrected chi connectivity index (χ0v) is 75.9. The van der Waals surface area contributed by atoms with Crippen molar-refractivity contribution >= 4 is 144 Å². The highest BCUT2D eigenvalue weighted by Crippen LogP contribution is 2.33. The fraction of sp³-hybridized carbons (Fsp3) is 0.517. The van der Waals surface area contributed by atoms with Crippen LogP contribution in [0.1, 0.15) is 164 Å². The summed E-state index contributed by atoms with van der Waals surface area (Å²) < 4.78 is 1.88. The first-order chi connectivity index (χ1) is 63.1. The van der Waals surface area contributed by atoms with E-state index in [0.29, 0.717) is 53.3 Å². The van der Waals surface area contributed by atoms with Crippen molar-refractivity contribution in [1.82, 2.24) is 92.0 Å². The van der Waals surface area contributed by atoms with Crippen LogP contribution in [0, 0.1) is 17.8 Å². The molecule has 0 bridgehead atoms. The van der Waals surface area contributed by atoms with Gasteiger partial charge in [0.15, 0.2) is 23.2 Å². The summed E-state index contributed by atoms with van der Waals surface area (Å²) in [7, 11) is 2.72. The number of hydrogen-bond donors (Lipinski definition) is 15. The first-order valence-electron chi connectivity index (χ1n) is 44.1. The Labute approximate surface area is 768 Å². The number of aromatic nitrogens is 7. The molecule has 2 saturated heterocycles. The fourth-order valence-corrected chi connectivity index (χ4v) is 18.7. The van der Waals surface area contributed by atoms with Gasteiger partial charge in [-0.05, 0) is 115 Å². The molecule has 7 heterocycles. The minimum absolute atomic E-state index is 0.0149. The summed E-state index contributed by atoms with van der Waals surface area (Å²) in [6.45, 7) is 3.99. The van der Waals surface area contributed by atoms with Gasteiger partial charge in [-0.3, -0.25) is 81.5 Å². The number of unbranched alkanes of at least 4 members (excludes halogenated alkanes) is 2. The number of likely N-dealkylation sites (N-methyl/N-ethyl adjacent to an activating group) is 2. The maximum atomic E-state index is 15.7. The second-order valence-corrected chi connectivity index (χ2v) is 35.7. The summed E-state index contributed by atoms with van der Waals surface area (Å²) in [6.07, 6.45) is -0.251. The van der Waals surface area contributed by atoms with Gasteiger partial charge >= 0.3 is 5.97 Å². The predicted octanol–water partition coefficient (Wildman–Crippen LogP) is 0.725. The van der Waals surface area contributed by atoms with Gasteiger partial charge in [0.2, 0.25) is 76.8 Å². The molecule has 4 aromatic heterocycles. The molecule has 17 N–H and O–H groups in total. The Morgan fingerprint density at radius 2 is 1.27 bits per heavy atom. The van der Waals surface area contributed by atoms with Gasteiger partial charge in [-0.25, -0.2) is 9.67 Å². The van der Waals surface area contributed by atoms with E-state index in [-0.39, 0.29) is 80.9 Å². The lowest BCUT2D eigenvalue weighted by Crippen LogP contribution is -2.60. The van der Waals surface area contributed by atoms with Crippen LogP contribution in [0.25, 0.3) is 21.0 Å². The van der Waals surface area contributed by atoms with Gasteiger partial charge in [0.25, 0.3) is 0 Å². The number of ketones is 3. The van der Waals surface area contributed by atoms with Gasteiger partial charge in [-0.2, -0.15) is 0 Å². The Hall–Kier alpha value is -12.9. The number of aliphatic hydroxyl groups is 2. The number of amides is 13. The van der Waals surface area contributed by atoms with E-state index in [1.807, 2.05) is 32.0 Å². The number of nitrogens with one attached hydrogen (secondary N) is 9. The summed E-state index contributed by atoms with van der Waals surface area (Å²) in [5.41, 5.74) is 13.6. The fourth-order valence-electron chi connectivity index (χ4n) is 16.9. The molecule has 3 aliphatic rings. The molecule has 41 nitrogen and oxygen atoms in total. The van der Waals surface area contributed by atoms with Crippen LogP contribution in [0.4, 0.5) is 0 Å². The largest absolute Gasteiger partial charge is 0.508 e. The van der Waals surface area contributed by atoms with Crippen LogP contribution < -0.4 is 48.7 Å². The lowest BCUT2D eigenvalue weighted by molar-refractivity contribution is -0.149. The molecule has 15 atom stereocenters. The van der Waals surface area contributed by atoms with Gasteiger partial charge in [0.05, 0.1) is 73.4 Å². The van der Waals surface area contributed by atoms with Crippen LogP contribution in [0.2, 0.25) is 0 Å². The third-order valence-corrected chi connectivity index (χ3v) is 26.2. The third-order valence-electron chi connectivity index (χ3n) is 24.2. The van der Waals surface area contributed by atoms with E-state index in [0.717, 1.165) is 41.2 Å². The van der Waals surface area contributed by atoms with Crippen molar-refractivity contribution in [1.29, 1.82) is 0 Å². The van der Waals surface area contributed by atoms with Gasteiger partial charge in [-0.15, -0.1) is 28.2 Å². The number of aliphatic carboxylic acids is 1. The van der Waals surface area contributed by atoms with Crippen LogP contribution in [0.3, 0.4) is 0 Å². The number of benzene rings is 3. The number of carboxylic acid groups (broad SMARTS) is 1.